The van der Waals surface area contributed by atoms with Crippen molar-refractivity contribution >= 4 is 23.9 Å². The third-order valence-electron chi connectivity index (χ3n) is 20.2. The zero-order chi connectivity index (χ0) is 58.1. The van der Waals surface area contributed by atoms with Crippen LogP contribution in [0.25, 0.3) is 0 Å². The molecule has 10 aliphatic rings. The van der Waals surface area contributed by atoms with Gasteiger partial charge < -0.3 is 97.3 Å². The predicted molar refractivity (Wildman–Crippen MR) is 268 cm³/mol. The summed E-state index contributed by atoms with van der Waals surface area (Å²) in [5.41, 5.74) is -1.27. The van der Waals surface area contributed by atoms with Gasteiger partial charge in [0.25, 0.3) is 5.79 Å². The molecule has 80 heavy (non-hydrogen) atoms. The van der Waals surface area contributed by atoms with E-state index in [0.29, 0.717) is 18.4 Å². The Labute approximate surface area is 464 Å². The van der Waals surface area contributed by atoms with Crippen LogP contribution in [0.5, 0.6) is 0 Å². The minimum atomic E-state index is -2.16. The van der Waals surface area contributed by atoms with Gasteiger partial charge in [-0.25, -0.2) is 4.79 Å². The molecule has 24 nitrogen and oxygen atoms in total. The summed E-state index contributed by atoms with van der Waals surface area (Å²) < 4.78 is 79.7. The van der Waals surface area contributed by atoms with Crippen molar-refractivity contribution in [2.45, 2.75) is 248 Å². The van der Waals surface area contributed by atoms with Gasteiger partial charge in [-0.15, -0.1) is 0 Å². The van der Waals surface area contributed by atoms with E-state index in [2.05, 4.69) is 26.5 Å². The number of fused-ring (bicyclic) bond motifs is 7. The highest BCUT2D eigenvalue weighted by molar-refractivity contribution is 5.78. The van der Waals surface area contributed by atoms with Crippen LogP contribution in [0, 0.1) is 40.4 Å². The quantitative estimate of drug-likeness (QED) is 0.0857. The molecule has 3 saturated carbocycles. The maximum Gasteiger partial charge on any atom is 0.341 e. The lowest BCUT2D eigenvalue weighted by Gasteiger charge is -2.60. The average Bonchev–Trinajstić information content (AvgIpc) is 4.20. The van der Waals surface area contributed by atoms with Gasteiger partial charge >= 0.3 is 23.9 Å². The van der Waals surface area contributed by atoms with Crippen LogP contribution in [0.4, 0.5) is 0 Å². The van der Waals surface area contributed by atoms with E-state index in [1.165, 1.54) is 13.8 Å². The molecule has 0 aromatic rings. The first-order chi connectivity index (χ1) is 37.5. The highest BCUT2D eigenvalue weighted by Gasteiger charge is 2.73. The van der Waals surface area contributed by atoms with Crippen molar-refractivity contribution in [2.24, 2.45) is 40.4 Å². The monoisotopic (exact) mass is 1140 g/mol. The number of esters is 4. The molecule has 9 fully saturated rings. The van der Waals surface area contributed by atoms with Gasteiger partial charge in [0.15, 0.2) is 49.4 Å². The second kappa shape index (κ2) is 21.7. The molecule has 24 heteroatoms. The van der Waals surface area contributed by atoms with Crippen LogP contribution < -0.4 is 0 Å². The van der Waals surface area contributed by atoms with Crippen molar-refractivity contribution in [1.82, 2.24) is 0 Å². The van der Waals surface area contributed by atoms with Crippen LogP contribution in [0.3, 0.4) is 0 Å². The Kier molecular flexibility index (Phi) is 16.2. The Balaban J connectivity index is 0.856. The van der Waals surface area contributed by atoms with E-state index in [9.17, 15) is 54.9 Å². The Bertz CT molecular complexity index is 2420. The summed E-state index contributed by atoms with van der Waals surface area (Å²) >= 11 is 0. The van der Waals surface area contributed by atoms with Gasteiger partial charge in [-0.2, -0.15) is 0 Å². The van der Waals surface area contributed by atoms with Gasteiger partial charge in [0.1, 0.15) is 42.7 Å². The molecule has 10 rings (SSSR count). The van der Waals surface area contributed by atoms with E-state index < -0.39 is 163 Å². The molecular weight excluding hydrogens is 1060 g/mol. The number of aliphatic hydroxyl groups excluding tert-OH is 6. The first kappa shape index (κ1) is 59.9. The molecule has 0 aromatic heterocycles. The Morgan fingerprint density at radius 3 is 2.15 bits per heavy atom. The summed E-state index contributed by atoms with van der Waals surface area (Å²) in [5, 5.41) is 80.5. The zero-order valence-electron chi connectivity index (χ0n) is 47.1. The van der Waals surface area contributed by atoms with Crippen molar-refractivity contribution in [3.8, 4) is 0 Å². The number of carbonyl (C=O) groups is 4. The van der Waals surface area contributed by atoms with Crippen LogP contribution in [0.1, 0.15) is 114 Å². The molecule has 4 aliphatic carbocycles. The smallest absolute Gasteiger partial charge is 0.341 e. The van der Waals surface area contributed by atoms with E-state index in [1.807, 2.05) is 6.92 Å². The maximum absolute atomic E-state index is 13.0. The lowest BCUT2D eigenvalue weighted by molar-refractivity contribution is -0.393. The summed E-state index contributed by atoms with van der Waals surface area (Å²) in [5.74, 6) is -7.17. The first-order valence-electron chi connectivity index (χ1n) is 28.3. The van der Waals surface area contributed by atoms with Crippen molar-refractivity contribution in [3.63, 3.8) is 0 Å². The number of hydrogen-bond donors (Lipinski definition) is 7. The molecule has 0 bridgehead atoms. The predicted octanol–water partition coefficient (Wildman–Crippen LogP) is 0.864. The van der Waals surface area contributed by atoms with Gasteiger partial charge in [0.05, 0.1) is 43.2 Å². The van der Waals surface area contributed by atoms with Crippen LogP contribution in [0.15, 0.2) is 23.8 Å². The van der Waals surface area contributed by atoms with E-state index in [-0.39, 0.29) is 61.2 Å². The minimum absolute atomic E-state index is 0.0264. The lowest BCUT2D eigenvalue weighted by Crippen LogP contribution is -2.68. The zero-order valence-corrected chi connectivity index (χ0v) is 47.1. The van der Waals surface area contributed by atoms with Crippen molar-refractivity contribution in [3.05, 3.63) is 23.8 Å². The lowest BCUT2D eigenvalue weighted by atomic mass is 9.46. The van der Waals surface area contributed by atoms with Gasteiger partial charge in [-0.1, -0.05) is 45.9 Å². The van der Waals surface area contributed by atoms with Crippen LogP contribution in [0.2, 0.25) is 0 Å². The fraction of sp³-hybridized carbons (Fsp3) is 0.857. The number of aliphatic hydroxyl groups is 7. The topological polar surface area (TPSA) is 330 Å². The number of hydrogen-bond acceptors (Lipinski definition) is 24. The second-order valence-corrected chi connectivity index (χ2v) is 25.0. The third kappa shape index (κ3) is 9.69. The van der Waals surface area contributed by atoms with Crippen molar-refractivity contribution in [1.29, 1.82) is 0 Å². The van der Waals surface area contributed by atoms with Gasteiger partial charge in [-0.3, -0.25) is 14.4 Å². The molecule has 0 unspecified atom stereocenters. The van der Waals surface area contributed by atoms with Gasteiger partial charge in [0.2, 0.25) is 5.79 Å². The van der Waals surface area contributed by atoms with Crippen LogP contribution in [-0.2, 0) is 80.8 Å². The molecule has 6 heterocycles. The highest BCUT2D eigenvalue weighted by Crippen LogP contribution is 2.71. The van der Waals surface area contributed by atoms with Crippen molar-refractivity contribution < 1.29 is 117 Å². The minimum Gasteiger partial charge on any atom is -0.456 e. The summed E-state index contributed by atoms with van der Waals surface area (Å²) in [6, 6.07) is 0. The maximum atomic E-state index is 13.0. The normalized spacial score (nSPS) is 51.5. The molecule has 7 N–H and O–H groups in total. The molecule has 450 valence electrons. The molecule has 0 radical (unpaired) electrons. The largest absolute Gasteiger partial charge is 0.456 e. The molecule has 6 saturated heterocycles. The first-order valence-corrected chi connectivity index (χ1v) is 28.3. The second-order valence-electron chi connectivity index (χ2n) is 25.0. The fourth-order valence-electron chi connectivity index (χ4n) is 16.0. The van der Waals surface area contributed by atoms with E-state index in [4.69, 9.17) is 61.6 Å². The molecule has 6 aliphatic heterocycles. The molecular formula is C56H82O24. The van der Waals surface area contributed by atoms with Gasteiger partial charge in [-0.05, 0) is 94.0 Å². The summed E-state index contributed by atoms with van der Waals surface area (Å²) in [7, 11) is 0. The van der Waals surface area contributed by atoms with Crippen LogP contribution in [-0.4, -0.2) is 207 Å². The fourth-order valence-corrected chi connectivity index (χ4v) is 16.0. The summed E-state index contributed by atoms with van der Waals surface area (Å²) in [6.45, 7) is 19.7. The van der Waals surface area contributed by atoms with Crippen molar-refractivity contribution in [2.75, 3.05) is 13.2 Å². The third-order valence-corrected chi connectivity index (χ3v) is 20.2. The van der Waals surface area contributed by atoms with E-state index >= 15 is 0 Å². The Morgan fingerprint density at radius 2 is 1.48 bits per heavy atom. The number of rotatable bonds is 11. The SMILES string of the molecule is C=C1CO[C@@]2(O[C@H]3C[C@H]4[C@@H]5CC=C6C[C@@H](O)C[C@@H](O[C@@H]7OC[C@H](O)[C@H](O)[C@H]7O[C@@H]7O[C@@H](C)[C@H](OC(C)=O)[C@@H](OC(C)=O)[C@H]7OC(C)=O)[C@]6(C)[C@H]5CC[C@]4(C)[C@H]3[C@@H]2C)[C@@H](O)[C@H]1O[C@@H]1O[C@@H](C)[C@@]2(OC(=O)[C@@H]([C@@](C)(O)CC)O2)[C@H](O)[C@H]1O. The molecule has 0 aromatic carbocycles. The van der Waals surface area contributed by atoms with Crippen LogP contribution >= 0.6 is 0 Å². The molecule has 0 amide bonds. The number of ether oxygens (including phenoxy) is 13. The standard InChI is InChI=1S/C56H82O24/c1-12-53(10,67)47-48(66)80-56(79-47)25(5)71-49(39(63)45(56)64)76-40-22(2)20-69-55(46(40)65)23(3)37-35(78-55)19-33-31-14-13-29-17-30(60)18-36(54(29,11)32(31)15-16-52(33,37)9)75-50-42(38(62)34(61)21-68-50)77-51-44(74-28(8)59)43(73-27(7)58)41(24(4)70-51)72-26(6)57/h13,23-25,30-47,49-51,60-65,67H,2,12,14-21H2,1,3-11H3/t23-,24-,25-,30+,31+,32-,33-,34-,35-,36+,37-,38-,39+,40-,41-,42+,43+,44+,45+,46-,47-,49-,50-,51-,52-,53-,54-,55-,56+/m0/s1. The Morgan fingerprint density at radius 1 is 0.800 bits per heavy atom. The number of carbonyl (C=O) groups excluding carboxylic acids is 4. The molecule has 29 atom stereocenters. The van der Waals surface area contributed by atoms with E-state index in [1.54, 1.807) is 13.8 Å². The molecule has 2 spiro atoms. The Hall–Kier alpha value is -3.28. The average molecular weight is 1140 g/mol. The number of allylic oxidation sites excluding steroid dienone is 1. The van der Waals surface area contributed by atoms with Gasteiger partial charge in [0, 0.05) is 38.5 Å². The summed E-state index contributed by atoms with van der Waals surface area (Å²) in [4.78, 5) is 50.1. The summed E-state index contributed by atoms with van der Waals surface area (Å²) in [6.07, 6.45) is -19.3. The van der Waals surface area contributed by atoms with E-state index in [0.717, 1.165) is 45.6 Å². The highest BCUT2D eigenvalue weighted by atomic mass is 16.8.